The molecule has 0 bridgehead atoms. The van der Waals surface area contributed by atoms with Crippen molar-refractivity contribution in [3.63, 3.8) is 0 Å². The monoisotopic (exact) mass is 395 g/mol. The second kappa shape index (κ2) is 9.30. The van der Waals surface area contributed by atoms with Crippen LogP contribution in [0.4, 0.5) is 4.79 Å². The summed E-state index contributed by atoms with van der Waals surface area (Å²) in [4.78, 5) is 14.7. The molecule has 2 rings (SSSR count). The Bertz CT molecular complexity index is 600. The van der Waals surface area contributed by atoms with E-state index in [1.165, 1.54) is 0 Å². The number of hydrogen-bond donors (Lipinski definition) is 0. The fraction of sp³-hybridized carbons (Fsp3) is 0.667. The van der Waals surface area contributed by atoms with Crippen LogP contribution >= 0.6 is 11.8 Å². The van der Waals surface area contributed by atoms with Gasteiger partial charge in [0.05, 0.1) is 12.7 Å². The largest absolute Gasteiger partial charge is 0.444 e. The number of thioether (sulfide) groups is 1. The molecule has 1 aliphatic rings. The van der Waals surface area contributed by atoms with Gasteiger partial charge in [0.2, 0.25) is 0 Å². The second-order valence-corrected chi connectivity index (χ2v) is 9.34. The van der Waals surface area contributed by atoms with Crippen LogP contribution in [0.5, 0.6) is 0 Å². The third-order valence-electron chi connectivity index (χ3n) is 4.26. The minimum atomic E-state index is -0.572. The van der Waals surface area contributed by atoms with Crippen LogP contribution in [0, 0.1) is 5.92 Å². The lowest BCUT2D eigenvalue weighted by Gasteiger charge is -2.32. The topological polar surface area (TPSA) is 48.0 Å². The molecule has 0 saturated carbocycles. The summed E-state index contributed by atoms with van der Waals surface area (Å²) < 4.78 is 17.5. The van der Waals surface area contributed by atoms with Gasteiger partial charge in [-0.1, -0.05) is 30.3 Å². The smallest absolute Gasteiger partial charge is 0.410 e. The SMILES string of the molecule is CSCC(CN(Cc1ccccc1)C(=O)OC(C)(C)C)C1COC(C)(C)O1. The first kappa shape index (κ1) is 22.1. The highest BCUT2D eigenvalue weighted by atomic mass is 32.2. The van der Waals surface area contributed by atoms with Crippen molar-refractivity contribution in [1.82, 2.24) is 4.90 Å². The molecule has 2 unspecified atom stereocenters. The summed E-state index contributed by atoms with van der Waals surface area (Å²) in [6.45, 7) is 11.2. The molecular formula is C21H33NO4S. The van der Waals surface area contributed by atoms with Gasteiger partial charge in [-0.25, -0.2) is 4.79 Å². The molecule has 0 radical (unpaired) electrons. The first-order valence-electron chi connectivity index (χ1n) is 9.42. The molecule has 1 aromatic carbocycles. The zero-order valence-electron chi connectivity index (χ0n) is 17.4. The van der Waals surface area contributed by atoms with Gasteiger partial charge in [0.25, 0.3) is 0 Å². The van der Waals surface area contributed by atoms with Gasteiger partial charge in [0, 0.05) is 24.8 Å². The Hall–Kier alpha value is -1.24. The molecule has 1 aliphatic heterocycles. The van der Waals surface area contributed by atoms with E-state index >= 15 is 0 Å². The first-order valence-corrected chi connectivity index (χ1v) is 10.8. The van der Waals surface area contributed by atoms with E-state index in [2.05, 4.69) is 6.26 Å². The van der Waals surface area contributed by atoms with Crippen LogP contribution in [0.2, 0.25) is 0 Å². The van der Waals surface area contributed by atoms with Crippen LogP contribution in [0.25, 0.3) is 0 Å². The second-order valence-electron chi connectivity index (χ2n) is 8.43. The number of carbonyl (C=O) groups excluding carboxylic acids is 1. The molecule has 0 aromatic heterocycles. The molecule has 6 heteroatoms. The number of amides is 1. The Morgan fingerprint density at radius 2 is 2.00 bits per heavy atom. The number of benzene rings is 1. The van der Waals surface area contributed by atoms with Crippen molar-refractivity contribution in [2.24, 2.45) is 5.92 Å². The lowest BCUT2D eigenvalue weighted by molar-refractivity contribution is -0.144. The van der Waals surface area contributed by atoms with E-state index in [1.807, 2.05) is 65.0 Å². The maximum absolute atomic E-state index is 12.9. The normalized spacial score (nSPS) is 20.3. The Morgan fingerprint density at radius 1 is 1.33 bits per heavy atom. The van der Waals surface area contributed by atoms with Crippen LogP contribution in [0.1, 0.15) is 40.2 Å². The minimum absolute atomic E-state index is 0.0341. The van der Waals surface area contributed by atoms with Gasteiger partial charge < -0.3 is 19.1 Å². The minimum Gasteiger partial charge on any atom is -0.444 e. The van der Waals surface area contributed by atoms with E-state index in [-0.39, 0.29) is 18.1 Å². The highest BCUT2D eigenvalue weighted by molar-refractivity contribution is 7.98. The number of nitrogens with zero attached hydrogens (tertiary/aromatic N) is 1. The van der Waals surface area contributed by atoms with E-state index in [4.69, 9.17) is 14.2 Å². The van der Waals surface area contributed by atoms with E-state index in [0.717, 1.165) is 11.3 Å². The highest BCUT2D eigenvalue weighted by Crippen LogP contribution is 2.29. The molecule has 1 saturated heterocycles. The van der Waals surface area contributed by atoms with Crippen molar-refractivity contribution in [3.8, 4) is 0 Å². The molecule has 152 valence electrons. The molecule has 27 heavy (non-hydrogen) atoms. The Balaban J connectivity index is 2.15. The van der Waals surface area contributed by atoms with Crippen molar-refractivity contribution in [2.45, 2.75) is 58.7 Å². The van der Waals surface area contributed by atoms with Crippen molar-refractivity contribution in [3.05, 3.63) is 35.9 Å². The average Bonchev–Trinajstić information content (AvgIpc) is 2.93. The molecule has 0 aliphatic carbocycles. The number of carbonyl (C=O) groups is 1. The van der Waals surface area contributed by atoms with E-state index in [0.29, 0.717) is 19.7 Å². The van der Waals surface area contributed by atoms with Crippen LogP contribution in [-0.4, -0.2) is 53.6 Å². The Kier molecular flexibility index (Phi) is 7.60. The Morgan fingerprint density at radius 3 is 2.52 bits per heavy atom. The fourth-order valence-corrected chi connectivity index (χ4v) is 3.80. The number of rotatable bonds is 7. The van der Waals surface area contributed by atoms with E-state index in [1.54, 1.807) is 16.7 Å². The first-order chi connectivity index (χ1) is 12.6. The molecule has 0 N–H and O–H groups in total. The van der Waals surface area contributed by atoms with Gasteiger partial charge in [-0.05, 0) is 46.4 Å². The molecule has 1 fully saturated rings. The number of hydrogen-bond acceptors (Lipinski definition) is 5. The standard InChI is InChI=1S/C21H33NO4S/c1-20(2,3)26-19(23)22(12-16-10-8-7-9-11-16)13-17(15-27-6)18-14-24-21(4,5)25-18/h7-11,17-18H,12-15H2,1-6H3. The average molecular weight is 396 g/mol. The summed E-state index contributed by atoms with van der Waals surface area (Å²) >= 11 is 1.76. The lowest BCUT2D eigenvalue weighted by Crippen LogP contribution is -2.43. The van der Waals surface area contributed by atoms with Gasteiger partial charge in [-0.3, -0.25) is 0 Å². The quantitative estimate of drug-likeness (QED) is 0.678. The predicted octanol–water partition coefficient (Wildman–Crippen LogP) is 4.55. The molecule has 2 atom stereocenters. The van der Waals surface area contributed by atoms with Crippen LogP contribution in [0.15, 0.2) is 30.3 Å². The zero-order valence-corrected chi connectivity index (χ0v) is 18.2. The molecule has 5 nitrogen and oxygen atoms in total. The van der Waals surface area contributed by atoms with Crippen molar-refractivity contribution >= 4 is 17.9 Å². The fourth-order valence-electron chi connectivity index (χ4n) is 3.06. The highest BCUT2D eigenvalue weighted by Gasteiger charge is 2.38. The molecule has 1 heterocycles. The Labute approximate surface area is 167 Å². The summed E-state index contributed by atoms with van der Waals surface area (Å²) in [6, 6.07) is 10.00. The van der Waals surface area contributed by atoms with E-state index < -0.39 is 11.4 Å². The summed E-state index contributed by atoms with van der Waals surface area (Å²) in [5, 5.41) is 0. The van der Waals surface area contributed by atoms with Gasteiger partial charge >= 0.3 is 6.09 Å². The molecule has 0 spiro atoms. The van der Waals surface area contributed by atoms with Gasteiger partial charge in [-0.15, -0.1) is 0 Å². The van der Waals surface area contributed by atoms with Crippen molar-refractivity contribution in [1.29, 1.82) is 0 Å². The third-order valence-corrected chi connectivity index (χ3v) is 5.02. The molecule has 1 aromatic rings. The van der Waals surface area contributed by atoms with Gasteiger partial charge in [0.15, 0.2) is 5.79 Å². The van der Waals surface area contributed by atoms with Gasteiger partial charge in [0.1, 0.15) is 5.60 Å². The van der Waals surface area contributed by atoms with Crippen LogP contribution in [0.3, 0.4) is 0 Å². The maximum Gasteiger partial charge on any atom is 0.410 e. The zero-order chi connectivity index (χ0) is 20.1. The summed E-state index contributed by atoms with van der Waals surface area (Å²) in [7, 11) is 0. The predicted molar refractivity (Wildman–Crippen MR) is 110 cm³/mol. The van der Waals surface area contributed by atoms with Crippen LogP contribution in [-0.2, 0) is 20.8 Å². The van der Waals surface area contributed by atoms with Crippen LogP contribution < -0.4 is 0 Å². The summed E-state index contributed by atoms with van der Waals surface area (Å²) in [5.41, 5.74) is 0.547. The van der Waals surface area contributed by atoms with Gasteiger partial charge in [-0.2, -0.15) is 11.8 Å². The molecule has 1 amide bonds. The lowest BCUT2D eigenvalue weighted by atomic mass is 10.0. The summed E-state index contributed by atoms with van der Waals surface area (Å²) in [5.74, 6) is 0.480. The molecular weight excluding hydrogens is 362 g/mol. The summed E-state index contributed by atoms with van der Waals surface area (Å²) in [6.07, 6.45) is 1.74. The van der Waals surface area contributed by atoms with Crippen molar-refractivity contribution in [2.75, 3.05) is 25.2 Å². The van der Waals surface area contributed by atoms with E-state index in [9.17, 15) is 4.79 Å². The van der Waals surface area contributed by atoms with Crippen molar-refractivity contribution < 1.29 is 19.0 Å². The number of ether oxygens (including phenoxy) is 3. The maximum atomic E-state index is 12.9. The third kappa shape index (κ3) is 7.35.